The van der Waals surface area contributed by atoms with Crippen molar-refractivity contribution in [3.63, 3.8) is 0 Å². The van der Waals surface area contributed by atoms with Gasteiger partial charge in [-0.15, -0.1) is 0 Å². The van der Waals surface area contributed by atoms with Crippen LogP contribution in [0.5, 0.6) is 0 Å². The number of hydrogen-bond donors (Lipinski definition) is 3. The molecule has 0 fully saturated rings. The molecule has 0 radical (unpaired) electrons. The molecule has 0 saturated heterocycles. The summed E-state index contributed by atoms with van der Waals surface area (Å²) in [6.07, 6.45) is 0. The van der Waals surface area contributed by atoms with Crippen molar-refractivity contribution in [3.05, 3.63) is 23.0 Å². The van der Waals surface area contributed by atoms with Crippen LogP contribution in [-0.4, -0.2) is 18.4 Å². The molecule has 0 bridgehead atoms. The first kappa shape index (κ1) is 9.38. The van der Waals surface area contributed by atoms with E-state index in [1.165, 1.54) is 12.1 Å². The Morgan fingerprint density at radius 3 is 2.50 bits per heavy atom. The number of imidazole rings is 1. The molecule has 5 nitrogen and oxygen atoms in total. The van der Waals surface area contributed by atoms with Crippen LogP contribution in [0, 0.1) is 4.77 Å². The molecule has 0 aliphatic carbocycles. The molecule has 0 aliphatic rings. The van der Waals surface area contributed by atoms with E-state index in [0.717, 1.165) is 5.52 Å². The molecule has 2 aromatic rings. The van der Waals surface area contributed by atoms with Gasteiger partial charge in [-0.3, -0.25) is 0 Å². The number of H-pyrrole nitrogens is 2. The largest absolute Gasteiger partial charge is 0.331 e. The summed E-state index contributed by atoms with van der Waals surface area (Å²) in [5.74, 6) is 0. The van der Waals surface area contributed by atoms with Crippen LogP contribution in [0.1, 0.15) is 0 Å². The fourth-order valence-corrected chi connectivity index (χ4v) is 1.95. The van der Waals surface area contributed by atoms with Crippen LogP contribution in [0.25, 0.3) is 11.0 Å². The highest BCUT2D eigenvalue weighted by molar-refractivity contribution is 7.89. The van der Waals surface area contributed by atoms with Gasteiger partial charge in [0.15, 0.2) is 4.77 Å². The maximum Gasteiger partial charge on any atom is 0.238 e. The molecule has 14 heavy (non-hydrogen) atoms. The Bertz CT molecular complexity index is 638. The van der Waals surface area contributed by atoms with E-state index in [2.05, 4.69) is 9.97 Å². The van der Waals surface area contributed by atoms with Gasteiger partial charge in [0.05, 0.1) is 15.9 Å². The predicted octanol–water partition coefficient (Wildman–Crippen LogP) is 0.873. The SMILES string of the molecule is NS(=O)(=O)c1ccc2[nH]c(=S)[nH]c2c1. The molecule has 0 unspecified atom stereocenters. The molecule has 1 aromatic carbocycles. The second-order valence-corrected chi connectivity index (χ2v) is 4.80. The third kappa shape index (κ3) is 1.57. The zero-order valence-electron chi connectivity index (χ0n) is 6.94. The number of nitrogens with one attached hydrogen (secondary N) is 2. The lowest BCUT2D eigenvalue weighted by molar-refractivity contribution is 0.598. The molecule has 1 aromatic heterocycles. The Morgan fingerprint density at radius 2 is 1.86 bits per heavy atom. The van der Waals surface area contributed by atoms with Crippen LogP contribution in [-0.2, 0) is 10.0 Å². The fraction of sp³-hybridized carbons (Fsp3) is 0. The van der Waals surface area contributed by atoms with Gasteiger partial charge < -0.3 is 9.97 Å². The second-order valence-electron chi connectivity index (χ2n) is 2.83. The lowest BCUT2D eigenvalue weighted by Crippen LogP contribution is -2.11. The molecule has 7 heteroatoms. The summed E-state index contributed by atoms with van der Waals surface area (Å²) in [5, 5.41) is 4.98. The number of fused-ring (bicyclic) bond motifs is 1. The van der Waals surface area contributed by atoms with Gasteiger partial charge in [-0.1, -0.05) is 0 Å². The molecule has 2 rings (SSSR count). The minimum absolute atomic E-state index is 0.0650. The van der Waals surface area contributed by atoms with Gasteiger partial charge in [0.2, 0.25) is 10.0 Å². The Kier molecular flexibility index (Phi) is 1.95. The summed E-state index contributed by atoms with van der Waals surface area (Å²) >= 11 is 4.86. The number of rotatable bonds is 1. The molecule has 0 atom stereocenters. The van der Waals surface area contributed by atoms with Crippen molar-refractivity contribution in [3.8, 4) is 0 Å². The van der Waals surface area contributed by atoms with Gasteiger partial charge in [-0.25, -0.2) is 13.6 Å². The Balaban J connectivity index is 2.80. The van der Waals surface area contributed by atoms with E-state index in [9.17, 15) is 8.42 Å². The first-order valence-corrected chi connectivity index (χ1v) is 5.67. The topological polar surface area (TPSA) is 91.7 Å². The lowest BCUT2D eigenvalue weighted by atomic mass is 10.3. The predicted molar refractivity (Wildman–Crippen MR) is 54.9 cm³/mol. The van der Waals surface area contributed by atoms with E-state index in [1.807, 2.05) is 0 Å². The van der Waals surface area contributed by atoms with Gasteiger partial charge >= 0.3 is 0 Å². The van der Waals surface area contributed by atoms with Crippen molar-refractivity contribution in [2.75, 3.05) is 0 Å². The van der Waals surface area contributed by atoms with Gasteiger partial charge in [0.1, 0.15) is 0 Å². The van der Waals surface area contributed by atoms with Crippen LogP contribution >= 0.6 is 12.2 Å². The average molecular weight is 229 g/mol. The van der Waals surface area contributed by atoms with Gasteiger partial charge in [-0.2, -0.15) is 0 Å². The quantitative estimate of drug-likeness (QED) is 0.634. The van der Waals surface area contributed by atoms with E-state index in [-0.39, 0.29) is 4.90 Å². The third-order valence-electron chi connectivity index (χ3n) is 1.82. The van der Waals surface area contributed by atoms with Crippen molar-refractivity contribution in [1.29, 1.82) is 0 Å². The first-order chi connectivity index (χ1) is 6.47. The summed E-state index contributed by atoms with van der Waals surface area (Å²) in [6, 6.07) is 4.48. The number of primary sulfonamides is 1. The van der Waals surface area contributed by atoms with Crippen LogP contribution in [0.2, 0.25) is 0 Å². The number of hydrogen-bond acceptors (Lipinski definition) is 3. The fourth-order valence-electron chi connectivity index (χ4n) is 1.19. The maximum absolute atomic E-state index is 11.0. The van der Waals surface area contributed by atoms with Gasteiger partial charge in [-0.05, 0) is 30.4 Å². The Hall–Kier alpha value is -1.18. The van der Waals surface area contributed by atoms with Crippen molar-refractivity contribution in [2.24, 2.45) is 5.14 Å². The van der Waals surface area contributed by atoms with E-state index < -0.39 is 10.0 Å². The zero-order valence-corrected chi connectivity index (χ0v) is 8.58. The van der Waals surface area contributed by atoms with Crippen LogP contribution < -0.4 is 5.14 Å². The highest BCUT2D eigenvalue weighted by Crippen LogP contribution is 2.14. The zero-order chi connectivity index (χ0) is 10.3. The van der Waals surface area contributed by atoms with Crippen LogP contribution in [0.3, 0.4) is 0 Å². The van der Waals surface area contributed by atoms with Gasteiger partial charge in [0, 0.05) is 0 Å². The summed E-state index contributed by atoms with van der Waals surface area (Å²) in [6.45, 7) is 0. The molecule has 4 N–H and O–H groups in total. The maximum atomic E-state index is 11.0. The van der Waals surface area contributed by atoms with E-state index >= 15 is 0 Å². The van der Waals surface area contributed by atoms with Crippen molar-refractivity contribution >= 4 is 33.3 Å². The van der Waals surface area contributed by atoms with E-state index in [1.54, 1.807) is 6.07 Å². The smallest absolute Gasteiger partial charge is 0.238 e. The lowest BCUT2D eigenvalue weighted by Gasteiger charge is -1.96. The van der Waals surface area contributed by atoms with E-state index in [4.69, 9.17) is 17.4 Å². The van der Waals surface area contributed by atoms with Crippen LogP contribution in [0.4, 0.5) is 0 Å². The monoisotopic (exact) mass is 229 g/mol. The molecule has 1 heterocycles. The standard InChI is InChI=1S/C7H7N3O2S2/c8-14(11,12)4-1-2-5-6(3-4)10-7(13)9-5/h1-3H,(H2,8,11,12)(H2,9,10,13). The molecular weight excluding hydrogens is 222 g/mol. The number of benzene rings is 1. The minimum atomic E-state index is -3.65. The summed E-state index contributed by atoms with van der Waals surface area (Å²) in [7, 11) is -3.65. The molecule has 0 aliphatic heterocycles. The Labute approximate surface area is 85.0 Å². The summed E-state index contributed by atoms with van der Waals surface area (Å²) in [4.78, 5) is 5.74. The van der Waals surface area contributed by atoms with Crippen molar-refractivity contribution in [2.45, 2.75) is 4.90 Å². The van der Waals surface area contributed by atoms with Crippen molar-refractivity contribution < 1.29 is 8.42 Å². The van der Waals surface area contributed by atoms with E-state index in [0.29, 0.717) is 10.3 Å². The summed E-state index contributed by atoms with van der Waals surface area (Å²) < 4.78 is 22.5. The molecular formula is C7H7N3O2S2. The highest BCUT2D eigenvalue weighted by atomic mass is 32.2. The third-order valence-corrected chi connectivity index (χ3v) is 2.93. The first-order valence-electron chi connectivity index (χ1n) is 3.72. The number of aromatic amines is 2. The van der Waals surface area contributed by atoms with Crippen LogP contribution in [0.15, 0.2) is 23.1 Å². The molecule has 0 saturated carbocycles. The molecule has 0 spiro atoms. The molecule has 0 amide bonds. The van der Waals surface area contributed by atoms with Crippen molar-refractivity contribution in [1.82, 2.24) is 9.97 Å². The summed E-state index contributed by atoms with van der Waals surface area (Å²) in [5.41, 5.74) is 1.38. The Morgan fingerprint density at radius 1 is 1.21 bits per heavy atom. The number of sulfonamides is 1. The average Bonchev–Trinajstić information content (AvgIpc) is 2.41. The number of nitrogens with two attached hydrogens (primary N) is 1. The molecule has 74 valence electrons. The highest BCUT2D eigenvalue weighted by Gasteiger charge is 2.08. The van der Waals surface area contributed by atoms with Gasteiger partial charge in [0.25, 0.3) is 0 Å². The second kappa shape index (κ2) is 2.91. The number of aromatic nitrogens is 2. The normalized spacial score (nSPS) is 12.1. The minimum Gasteiger partial charge on any atom is -0.331 e.